The molecule has 26 heavy (non-hydrogen) atoms. The summed E-state index contributed by atoms with van der Waals surface area (Å²) >= 11 is 0. The summed E-state index contributed by atoms with van der Waals surface area (Å²) in [4.78, 5) is 6.13. The number of para-hydroxylation sites is 1. The Kier molecular flexibility index (Phi) is 4.00. The number of nitrogens with one attached hydrogen (secondary N) is 1. The molecular weight excluding hydrogens is 324 g/mol. The molecule has 1 N–H and O–H groups in total. The maximum Gasteiger partial charge on any atom is 0.168 e. The molecule has 1 saturated carbocycles. The van der Waals surface area contributed by atoms with Crippen LogP contribution in [0.15, 0.2) is 24.3 Å². The number of aromatic amines is 1. The van der Waals surface area contributed by atoms with Gasteiger partial charge in [-0.1, -0.05) is 37.5 Å². The quantitative estimate of drug-likeness (QED) is 0.781. The molecule has 0 saturated heterocycles. The lowest BCUT2D eigenvalue weighted by molar-refractivity contribution is 0.172. The van der Waals surface area contributed by atoms with E-state index in [0.717, 1.165) is 25.3 Å². The van der Waals surface area contributed by atoms with E-state index in [4.69, 9.17) is 0 Å². The molecule has 0 spiro atoms. The standard InChI is InChI=1S/C20H26N6/c1-14(20-22-23-24-26(20)15-7-3-2-4-8-15)25-12-11-17-16-9-5-6-10-18(16)21-19(17)13-25/h5-6,9-10,14-15,21H,2-4,7-8,11-13H2,1H3. The Morgan fingerprint density at radius 1 is 1.15 bits per heavy atom. The highest BCUT2D eigenvalue weighted by atomic mass is 15.6. The minimum Gasteiger partial charge on any atom is -0.357 e. The average Bonchev–Trinajstić information content (AvgIpc) is 3.32. The van der Waals surface area contributed by atoms with Crippen LogP contribution < -0.4 is 0 Å². The van der Waals surface area contributed by atoms with Crippen LogP contribution >= 0.6 is 0 Å². The highest BCUT2D eigenvalue weighted by molar-refractivity contribution is 5.84. The molecule has 1 unspecified atom stereocenters. The zero-order valence-corrected chi connectivity index (χ0v) is 15.4. The monoisotopic (exact) mass is 350 g/mol. The summed E-state index contributed by atoms with van der Waals surface area (Å²) in [6.45, 7) is 4.23. The van der Waals surface area contributed by atoms with Crippen molar-refractivity contribution < 1.29 is 0 Å². The first kappa shape index (κ1) is 16.0. The van der Waals surface area contributed by atoms with Crippen LogP contribution in [0.25, 0.3) is 10.9 Å². The summed E-state index contributed by atoms with van der Waals surface area (Å²) < 4.78 is 2.12. The second-order valence-corrected chi connectivity index (χ2v) is 7.80. The van der Waals surface area contributed by atoms with E-state index in [2.05, 4.69) is 61.3 Å². The molecule has 1 atom stereocenters. The van der Waals surface area contributed by atoms with Gasteiger partial charge in [0, 0.05) is 29.7 Å². The van der Waals surface area contributed by atoms with Crippen LogP contribution in [0.4, 0.5) is 0 Å². The van der Waals surface area contributed by atoms with E-state index in [0.29, 0.717) is 6.04 Å². The van der Waals surface area contributed by atoms with Crippen LogP contribution in [0.5, 0.6) is 0 Å². The number of H-pyrrole nitrogens is 1. The van der Waals surface area contributed by atoms with Crippen molar-refractivity contribution in [1.29, 1.82) is 0 Å². The number of hydrogen-bond acceptors (Lipinski definition) is 4. The third-order valence-electron chi connectivity index (χ3n) is 6.27. The third-order valence-corrected chi connectivity index (χ3v) is 6.27. The summed E-state index contributed by atoms with van der Waals surface area (Å²) in [5, 5.41) is 14.2. The third kappa shape index (κ3) is 2.63. The van der Waals surface area contributed by atoms with Crippen molar-refractivity contribution in [3.63, 3.8) is 0 Å². The van der Waals surface area contributed by atoms with E-state index in [9.17, 15) is 0 Å². The molecule has 1 aliphatic carbocycles. The molecule has 2 aromatic heterocycles. The molecule has 6 heteroatoms. The van der Waals surface area contributed by atoms with E-state index in [-0.39, 0.29) is 6.04 Å². The fourth-order valence-corrected chi connectivity index (χ4v) is 4.77. The van der Waals surface area contributed by atoms with Gasteiger partial charge in [0.2, 0.25) is 0 Å². The lowest BCUT2D eigenvalue weighted by Gasteiger charge is -2.32. The first-order valence-electron chi connectivity index (χ1n) is 9.91. The van der Waals surface area contributed by atoms with Crippen molar-refractivity contribution in [2.45, 2.75) is 64.1 Å². The number of benzene rings is 1. The Bertz CT molecular complexity index is 904. The van der Waals surface area contributed by atoms with Crippen LogP contribution in [0.2, 0.25) is 0 Å². The number of aromatic nitrogens is 5. The highest BCUT2D eigenvalue weighted by Crippen LogP contribution is 2.33. The molecule has 6 nitrogen and oxygen atoms in total. The van der Waals surface area contributed by atoms with E-state index in [1.165, 1.54) is 54.3 Å². The van der Waals surface area contributed by atoms with Crippen LogP contribution in [-0.4, -0.2) is 36.6 Å². The number of rotatable bonds is 3. The predicted molar refractivity (Wildman–Crippen MR) is 101 cm³/mol. The molecule has 2 aliphatic rings. The van der Waals surface area contributed by atoms with E-state index in [1.807, 2.05) is 0 Å². The topological polar surface area (TPSA) is 62.6 Å². The molecule has 1 aliphatic heterocycles. The minimum atomic E-state index is 0.228. The molecule has 3 aromatic rings. The normalized spacial score (nSPS) is 20.3. The van der Waals surface area contributed by atoms with Crippen molar-refractivity contribution >= 4 is 10.9 Å². The van der Waals surface area contributed by atoms with Crippen molar-refractivity contribution in [1.82, 2.24) is 30.1 Å². The van der Waals surface area contributed by atoms with Gasteiger partial charge in [-0.25, -0.2) is 4.68 Å². The summed E-state index contributed by atoms with van der Waals surface area (Å²) in [6.07, 6.45) is 7.42. The fourth-order valence-electron chi connectivity index (χ4n) is 4.77. The number of hydrogen-bond donors (Lipinski definition) is 1. The molecular formula is C20H26N6. The van der Waals surface area contributed by atoms with Gasteiger partial charge in [-0.2, -0.15) is 0 Å². The van der Waals surface area contributed by atoms with Crippen LogP contribution in [0, 0.1) is 0 Å². The Balaban J connectivity index is 1.40. The van der Waals surface area contributed by atoms with Gasteiger partial charge in [-0.05, 0) is 48.2 Å². The largest absolute Gasteiger partial charge is 0.357 e. The molecule has 136 valence electrons. The number of nitrogens with zero attached hydrogens (tertiary/aromatic N) is 5. The lowest BCUT2D eigenvalue weighted by Crippen LogP contribution is -2.34. The van der Waals surface area contributed by atoms with Crippen molar-refractivity contribution in [3.8, 4) is 0 Å². The molecule has 0 amide bonds. The van der Waals surface area contributed by atoms with Gasteiger partial charge in [-0.3, -0.25) is 4.90 Å². The minimum absolute atomic E-state index is 0.228. The van der Waals surface area contributed by atoms with Crippen molar-refractivity contribution in [3.05, 3.63) is 41.3 Å². The van der Waals surface area contributed by atoms with E-state index >= 15 is 0 Å². The Morgan fingerprint density at radius 2 is 2.00 bits per heavy atom. The zero-order chi connectivity index (χ0) is 17.5. The molecule has 1 fully saturated rings. The maximum atomic E-state index is 4.42. The second kappa shape index (κ2) is 6.50. The van der Waals surface area contributed by atoms with Gasteiger partial charge in [0.25, 0.3) is 0 Å². The van der Waals surface area contributed by atoms with Gasteiger partial charge < -0.3 is 4.98 Å². The van der Waals surface area contributed by atoms with E-state index in [1.54, 1.807) is 0 Å². The SMILES string of the molecule is CC(c1nnnn1C1CCCCC1)N1CCc2c([nH]c3ccccc23)C1. The van der Waals surface area contributed by atoms with Crippen molar-refractivity contribution in [2.24, 2.45) is 0 Å². The summed E-state index contributed by atoms with van der Waals surface area (Å²) in [5.74, 6) is 1.02. The number of fused-ring (bicyclic) bond motifs is 3. The Labute approximate surface area is 153 Å². The first-order valence-corrected chi connectivity index (χ1v) is 9.91. The molecule has 0 bridgehead atoms. The average molecular weight is 350 g/mol. The van der Waals surface area contributed by atoms with Gasteiger partial charge in [0.1, 0.15) is 0 Å². The molecule has 3 heterocycles. The van der Waals surface area contributed by atoms with Crippen LogP contribution in [0.1, 0.15) is 68.2 Å². The Hall–Kier alpha value is -2.21. The summed E-state index contributed by atoms with van der Waals surface area (Å²) in [5.41, 5.74) is 4.08. The molecule has 5 rings (SSSR count). The zero-order valence-electron chi connectivity index (χ0n) is 15.4. The fraction of sp³-hybridized carbons (Fsp3) is 0.550. The van der Waals surface area contributed by atoms with Crippen LogP contribution in [-0.2, 0) is 13.0 Å². The molecule has 0 radical (unpaired) electrons. The number of tetrazole rings is 1. The highest BCUT2D eigenvalue weighted by Gasteiger charge is 2.29. The summed E-state index contributed by atoms with van der Waals surface area (Å²) in [7, 11) is 0. The van der Waals surface area contributed by atoms with Crippen LogP contribution in [0.3, 0.4) is 0 Å². The van der Waals surface area contributed by atoms with E-state index < -0.39 is 0 Å². The second-order valence-electron chi connectivity index (χ2n) is 7.80. The van der Waals surface area contributed by atoms with Gasteiger partial charge >= 0.3 is 0 Å². The molecule has 1 aromatic carbocycles. The van der Waals surface area contributed by atoms with Crippen molar-refractivity contribution in [2.75, 3.05) is 6.54 Å². The first-order chi connectivity index (χ1) is 12.8. The van der Waals surface area contributed by atoms with Gasteiger partial charge in [-0.15, -0.1) is 5.10 Å². The smallest absolute Gasteiger partial charge is 0.168 e. The summed E-state index contributed by atoms with van der Waals surface area (Å²) in [6, 6.07) is 9.33. The predicted octanol–water partition coefficient (Wildman–Crippen LogP) is 3.78. The Morgan fingerprint density at radius 3 is 2.88 bits per heavy atom. The van der Waals surface area contributed by atoms with Gasteiger partial charge in [0.05, 0.1) is 12.1 Å². The maximum absolute atomic E-state index is 4.42. The van der Waals surface area contributed by atoms with Gasteiger partial charge in [0.15, 0.2) is 5.82 Å². The lowest BCUT2D eigenvalue weighted by atomic mass is 9.95.